The predicted molar refractivity (Wildman–Crippen MR) is 75.1 cm³/mol. The van der Waals surface area contributed by atoms with Gasteiger partial charge in [-0.05, 0) is 38.4 Å². The van der Waals surface area contributed by atoms with Gasteiger partial charge in [0.1, 0.15) is 17.4 Å². The molecule has 1 aromatic carbocycles. The highest BCUT2D eigenvalue weighted by atomic mass is 32.1. The lowest BCUT2D eigenvalue weighted by atomic mass is 10.1. The molecule has 4 heteroatoms. The number of ether oxygens (including phenoxy) is 1. The molecule has 1 heterocycles. The zero-order valence-corrected chi connectivity index (χ0v) is 11.6. The van der Waals surface area contributed by atoms with E-state index in [1.54, 1.807) is 11.3 Å². The van der Waals surface area contributed by atoms with Crippen LogP contribution in [0.2, 0.25) is 0 Å². The van der Waals surface area contributed by atoms with Gasteiger partial charge >= 0.3 is 0 Å². The van der Waals surface area contributed by atoms with E-state index >= 15 is 0 Å². The molecule has 0 spiro atoms. The van der Waals surface area contributed by atoms with Crippen molar-refractivity contribution in [3.8, 4) is 5.75 Å². The summed E-state index contributed by atoms with van der Waals surface area (Å²) in [5.74, 6) is 0.916. The summed E-state index contributed by atoms with van der Waals surface area (Å²) < 4.78 is 5.84. The second-order valence-electron chi connectivity index (χ2n) is 4.32. The Balaban J connectivity index is 2.08. The lowest BCUT2D eigenvalue weighted by Crippen LogP contribution is -2.05. The zero-order valence-electron chi connectivity index (χ0n) is 10.8. The van der Waals surface area contributed by atoms with Gasteiger partial charge < -0.3 is 10.5 Å². The van der Waals surface area contributed by atoms with Gasteiger partial charge in [-0.3, -0.25) is 0 Å². The molecule has 0 bridgehead atoms. The number of hydrogen-bond acceptors (Lipinski definition) is 4. The van der Waals surface area contributed by atoms with Crippen LogP contribution in [0.5, 0.6) is 5.75 Å². The lowest BCUT2D eigenvalue weighted by Gasteiger charge is -2.10. The highest BCUT2D eigenvalue weighted by Crippen LogP contribution is 2.22. The number of aryl methyl sites for hydroxylation is 2. The van der Waals surface area contributed by atoms with Crippen molar-refractivity contribution in [3.05, 3.63) is 45.4 Å². The number of nitrogens with zero attached hydrogens (tertiary/aromatic N) is 1. The quantitative estimate of drug-likeness (QED) is 0.901. The van der Waals surface area contributed by atoms with Crippen LogP contribution in [0.1, 0.15) is 21.8 Å². The minimum atomic E-state index is 0.527. The Kier molecular flexibility index (Phi) is 4.33. The summed E-state index contributed by atoms with van der Waals surface area (Å²) in [4.78, 5) is 4.39. The van der Waals surface area contributed by atoms with Gasteiger partial charge in [0.25, 0.3) is 0 Å². The van der Waals surface area contributed by atoms with Gasteiger partial charge in [0.15, 0.2) is 0 Å². The monoisotopic (exact) mass is 262 g/mol. The fraction of sp³-hybridized carbons (Fsp3) is 0.357. The molecule has 2 rings (SSSR count). The second-order valence-corrected chi connectivity index (χ2v) is 5.26. The van der Waals surface area contributed by atoms with E-state index in [9.17, 15) is 0 Å². The third-order valence-electron chi connectivity index (χ3n) is 2.65. The molecule has 0 fully saturated rings. The van der Waals surface area contributed by atoms with E-state index in [1.807, 2.05) is 18.4 Å². The Morgan fingerprint density at radius 1 is 1.33 bits per heavy atom. The van der Waals surface area contributed by atoms with Crippen LogP contribution in [-0.2, 0) is 13.0 Å². The molecular formula is C14H18N2OS. The smallest absolute Gasteiger partial charge is 0.140 e. The molecule has 0 saturated carbocycles. The van der Waals surface area contributed by atoms with E-state index in [0.717, 1.165) is 22.9 Å². The topological polar surface area (TPSA) is 48.1 Å². The lowest BCUT2D eigenvalue weighted by molar-refractivity contribution is 0.302. The highest BCUT2D eigenvalue weighted by molar-refractivity contribution is 7.09. The second kappa shape index (κ2) is 5.98. The molecular weight excluding hydrogens is 244 g/mol. The first-order valence-corrected chi connectivity index (χ1v) is 6.90. The molecule has 0 atom stereocenters. The molecule has 0 amide bonds. The van der Waals surface area contributed by atoms with Gasteiger partial charge in [0.2, 0.25) is 0 Å². The summed E-state index contributed by atoms with van der Waals surface area (Å²) in [5.41, 5.74) is 9.07. The summed E-state index contributed by atoms with van der Waals surface area (Å²) in [5, 5.41) is 3.04. The average Bonchev–Trinajstić information content (AvgIpc) is 2.75. The largest absolute Gasteiger partial charge is 0.486 e. The van der Waals surface area contributed by atoms with Crippen molar-refractivity contribution in [2.45, 2.75) is 26.9 Å². The summed E-state index contributed by atoms with van der Waals surface area (Å²) in [6.07, 6.45) is 0.841. The van der Waals surface area contributed by atoms with Crippen molar-refractivity contribution in [2.24, 2.45) is 5.73 Å². The van der Waals surface area contributed by atoms with Crippen LogP contribution in [0.25, 0.3) is 0 Å². The molecule has 1 aromatic heterocycles. The molecule has 0 radical (unpaired) electrons. The molecule has 0 aliphatic carbocycles. The van der Waals surface area contributed by atoms with Crippen LogP contribution in [0, 0.1) is 13.8 Å². The molecule has 96 valence electrons. The third-order valence-corrected chi connectivity index (χ3v) is 3.59. The number of nitrogens with two attached hydrogens (primary N) is 1. The van der Waals surface area contributed by atoms with Crippen molar-refractivity contribution in [1.82, 2.24) is 4.98 Å². The molecule has 2 N–H and O–H groups in total. The van der Waals surface area contributed by atoms with E-state index in [2.05, 4.69) is 24.0 Å². The van der Waals surface area contributed by atoms with Gasteiger partial charge in [0.05, 0.1) is 0 Å². The molecule has 2 aromatic rings. The first kappa shape index (κ1) is 13.1. The maximum Gasteiger partial charge on any atom is 0.140 e. The van der Waals surface area contributed by atoms with Gasteiger partial charge in [-0.1, -0.05) is 17.7 Å². The first-order chi connectivity index (χ1) is 8.69. The number of rotatable bonds is 5. The summed E-state index contributed by atoms with van der Waals surface area (Å²) in [6, 6.07) is 6.21. The van der Waals surface area contributed by atoms with Crippen molar-refractivity contribution < 1.29 is 4.74 Å². The van der Waals surface area contributed by atoms with Gasteiger partial charge in [0, 0.05) is 11.1 Å². The number of aromatic nitrogens is 1. The molecule has 0 saturated heterocycles. The first-order valence-electron chi connectivity index (χ1n) is 6.02. The highest BCUT2D eigenvalue weighted by Gasteiger charge is 2.05. The molecule has 3 nitrogen and oxygen atoms in total. The molecule has 0 unspecified atom stereocenters. The number of hydrogen-bond donors (Lipinski definition) is 1. The van der Waals surface area contributed by atoms with Crippen LogP contribution in [0.3, 0.4) is 0 Å². The Bertz CT molecular complexity index is 522. The van der Waals surface area contributed by atoms with Crippen LogP contribution in [0.15, 0.2) is 23.6 Å². The van der Waals surface area contributed by atoms with Crippen molar-refractivity contribution in [3.63, 3.8) is 0 Å². The van der Waals surface area contributed by atoms with E-state index in [-0.39, 0.29) is 0 Å². The fourth-order valence-corrected chi connectivity index (χ4v) is 2.49. The van der Waals surface area contributed by atoms with Crippen LogP contribution in [0.4, 0.5) is 0 Å². The summed E-state index contributed by atoms with van der Waals surface area (Å²) in [7, 11) is 0. The Labute approximate surface area is 112 Å². The Morgan fingerprint density at radius 2 is 2.17 bits per heavy atom. The number of benzene rings is 1. The fourth-order valence-electron chi connectivity index (χ4n) is 1.81. The summed E-state index contributed by atoms with van der Waals surface area (Å²) >= 11 is 1.63. The average molecular weight is 262 g/mol. The van der Waals surface area contributed by atoms with Gasteiger partial charge in [-0.15, -0.1) is 11.3 Å². The molecule has 18 heavy (non-hydrogen) atoms. The Morgan fingerprint density at radius 3 is 2.83 bits per heavy atom. The maximum atomic E-state index is 5.84. The van der Waals surface area contributed by atoms with Gasteiger partial charge in [-0.2, -0.15) is 0 Å². The zero-order chi connectivity index (χ0) is 13.0. The van der Waals surface area contributed by atoms with Crippen LogP contribution < -0.4 is 10.5 Å². The van der Waals surface area contributed by atoms with Crippen LogP contribution >= 0.6 is 11.3 Å². The van der Waals surface area contributed by atoms with Gasteiger partial charge in [-0.25, -0.2) is 4.98 Å². The van der Waals surface area contributed by atoms with Crippen LogP contribution in [-0.4, -0.2) is 11.5 Å². The van der Waals surface area contributed by atoms with E-state index in [4.69, 9.17) is 10.5 Å². The minimum Gasteiger partial charge on any atom is -0.486 e. The minimum absolute atomic E-state index is 0.527. The number of thiazole rings is 1. The molecule has 0 aliphatic heterocycles. The van der Waals surface area contributed by atoms with Crippen molar-refractivity contribution in [2.75, 3.05) is 6.54 Å². The predicted octanol–water partition coefficient (Wildman–Crippen LogP) is 2.84. The van der Waals surface area contributed by atoms with E-state index in [1.165, 1.54) is 11.1 Å². The third kappa shape index (κ3) is 3.31. The SMILES string of the molecule is Cc1ccc(OCc2nc(C)cs2)c(CCN)c1. The normalized spacial score (nSPS) is 10.6. The Hall–Kier alpha value is -1.39. The van der Waals surface area contributed by atoms with E-state index in [0.29, 0.717) is 13.2 Å². The van der Waals surface area contributed by atoms with Crippen molar-refractivity contribution >= 4 is 11.3 Å². The molecule has 0 aliphatic rings. The standard InChI is InChI=1S/C14H18N2OS/c1-10-3-4-13(12(7-10)5-6-15)17-8-14-16-11(2)9-18-14/h3-4,7,9H,5-6,8,15H2,1-2H3. The van der Waals surface area contributed by atoms with E-state index < -0.39 is 0 Å². The maximum absolute atomic E-state index is 5.84. The summed E-state index contributed by atoms with van der Waals surface area (Å²) in [6.45, 7) is 5.23. The van der Waals surface area contributed by atoms with Crippen molar-refractivity contribution in [1.29, 1.82) is 0 Å².